The van der Waals surface area contributed by atoms with E-state index in [2.05, 4.69) is 58.0 Å². The number of ether oxygens (including phenoxy) is 1. The normalized spacial score (nSPS) is 41.1. The highest BCUT2D eigenvalue weighted by atomic mass is 19.4. The second kappa shape index (κ2) is 15.0. The van der Waals surface area contributed by atoms with Crippen LogP contribution < -0.4 is 0 Å². The van der Waals surface area contributed by atoms with Crippen LogP contribution in [-0.4, -0.2) is 61.6 Å². The Balaban J connectivity index is 0.970. The maximum atomic E-state index is 15.6. The van der Waals surface area contributed by atoms with Crippen LogP contribution in [0.2, 0.25) is 0 Å². The predicted molar refractivity (Wildman–Crippen MR) is 238 cm³/mol. The van der Waals surface area contributed by atoms with Gasteiger partial charge in [0.05, 0.1) is 34.8 Å². The molecule has 1 aromatic carbocycles. The van der Waals surface area contributed by atoms with Gasteiger partial charge in [-0.25, -0.2) is 4.98 Å². The van der Waals surface area contributed by atoms with Gasteiger partial charge in [0.2, 0.25) is 5.91 Å². The SMILES string of the molecule is C=C(C)[C@@H]1CC[C@]2(C(=O)N3CCC[C@H]3c3ncc(-c4ccc(C(F)(F)F)cc4)[nH]3)CC[C@]3(C)C(CC[C@@H]4C5(C)CC[C@H](OC(=O)[C@H]6C[C@@H](C(O)O)C6(C)C)C(C)(C)C5C(=N)C[C@]43C)[C@@H]12. The fourth-order valence-electron chi connectivity index (χ4n) is 16.8. The number of imidazole rings is 1. The Kier molecular flexibility index (Phi) is 10.7. The number of esters is 1. The van der Waals surface area contributed by atoms with Gasteiger partial charge in [-0.2, -0.15) is 13.2 Å². The lowest BCUT2D eigenvalue weighted by molar-refractivity contribution is -0.230. The number of hydrogen-bond donors (Lipinski definition) is 4. The molecule has 0 radical (unpaired) electrons. The Hall–Kier alpha value is -3.51. The number of amides is 1. The van der Waals surface area contributed by atoms with Crippen molar-refractivity contribution in [2.45, 2.75) is 157 Å². The fourth-order valence-corrected chi connectivity index (χ4v) is 16.8. The summed E-state index contributed by atoms with van der Waals surface area (Å²) in [7, 11) is 0. The van der Waals surface area contributed by atoms with Gasteiger partial charge in [-0.05, 0) is 147 Å². The maximum Gasteiger partial charge on any atom is 0.416 e. The van der Waals surface area contributed by atoms with E-state index in [1.165, 1.54) is 12.1 Å². The number of benzene rings is 1. The van der Waals surface area contributed by atoms with Gasteiger partial charge in [0.1, 0.15) is 11.9 Å². The number of aliphatic hydroxyl groups excluding tert-OH is 1. The number of alkyl halides is 3. The number of nitrogens with one attached hydrogen (secondary N) is 2. The summed E-state index contributed by atoms with van der Waals surface area (Å²) in [5, 5.41) is 29.8. The highest BCUT2D eigenvalue weighted by Gasteiger charge is 2.73. The average molecular weight is 889 g/mol. The molecule has 9 rings (SSSR count). The summed E-state index contributed by atoms with van der Waals surface area (Å²) in [6.07, 6.45) is 5.21. The fraction of sp³-hybridized carbons (Fsp3) is 0.731. The number of H-pyrrole nitrogens is 1. The molecule has 350 valence electrons. The van der Waals surface area contributed by atoms with Gasteiger partial charge in [-0.1, -0.05) is 72.8 Å². The van der Waals surface area contributed by atoms with Crippen LogP contribution in [0, 0.1) is 79.3 Å². The molecule has 3 unspecified atom stereocenters. The van der Waals surface area contributed by atoms with Gasteiger partial charge in [0.25, 0.3) is 0 Å². The van der Waals surface area contributed by atoms with E-state index in [9.17, 15) is 33.6 Å². The van der Waals surface area contributed by atoms with Gasteiger partial charge in [-0.3, -0.25) is 9.59 Å². The Morgan fingerprint density at radius 1 is 0.938 bits per heavy atom. The van der Waals surface area contributed by atoms with Crippen molar-refractivity contribution in [3.05, 3.63) is 54.0 Å². The number of aromatic amines is 1. The van der Waals surface area contributed by atoms with E-state index in [1.807, 2.05) is 13.8 Å². The molecule has 2 heterocycles. The third-order valence-electron chi connectivity index (χ3n) is 20.3. The molecule has 0 bridgehead atoms. The number of rotatable bonds is 7. The Morgan fingerprint density at radius 2 is 1.64 bits per heavy atom. The third kappa shape index (κ3) is 6.42. The molecule has 1 amide bonds. The van der Waals surface area contributed by atoms with E-state index in [0.29, 0.717) is 42.4 Å². The van der Waals surface area contributed by atoms with Gasteiger partial charge in [0, 0.05) is 29.5 Å². The third-order valence-corrected chi connectivity index (χ3v) is 20.3. The number of likely N-dealkylation sites (tertiary alicyclic amines) is 1. The number of carbonyl (C=O) groups is 2. The quantitative estimate of drug-likeness (QED) is 0.124. The summed E-state index contributed by atoms with van der Waals surface area (Å²) in [6, 6.07) is 4.85. The van der Waals surface area contributed by atoms with E-state index in [0.717, 1.165) is 87.6 Å². The molecule has 1 aromatic heterocycles. The number of nitrogens with zero attached hydrogens (tertiary/aromatic N) is 2. The van der Waals surface area contributed by atoms with Crippen LogP contribution in [0.1, 0.15) is 150 Å². The molecule has 1 saturated heterocycles. The summed E-state index contributed by atoms with van der Waals surface area (Å²) < 4.78 is 46.3. The first-order valence-electron chi connectivity index (χ1n) is 24.2. The maximum absolute atomic E-state index is 15.6. The zero-order chi connectivity index (χ0) is 46.3. The number of carbonyl (C=O) groups excluding carboxylic acids is 2. The summed E-state index contributed by atoms with van der Waals surface area (Å²) in [4.78, 5) is 39.5. The lowest BCUT2D eigenvalue weighted by atomic mass is 9.32. The van der Waals surface area contributed by atoms with Gasteiger partial charge in [0.15, 0.2) is 6.29 Å². The van der Waals surface area contributed by atoms with Crippen molar-refractivity contribution in [2.24, 2.45) is 73.9 Å². The van der Waals surface area contributed by atoms with Crippen LogP contribution >= 0.6 is 0 Å². The molecule has 13 atom stereocenters. The van der Waals surface area contributed by atoms with Crippen molar-refractivity contribution in [1.29, 1.82) is 5.41 Å². The van der Waals surface area contributed by atoms with E-state index in [1.54, 1.807) is 6.20 Å². The zero-order valence-corrected chi connectivity index (χ0v) is 39.2. The first-order valence-corrected chi connectivity index (χ1v) is 24.2. The molecule has 6 aliphatic carbocycles. The van der Waals surface area contributed by atoms with Crippen molar-refractivity contribution >= 4 is 17.6 Å². The first-order chi connectivity index (χ1) is 29.8. The van der Waals surface area contributed by atoms with E-state index >= 15 is 4.79 Å². The molecule has 7 aliphatic rings. The Labute approximate surface area is 377 Å². The van der Waals surface area contributed by atoms with Gasteiger partial charge < -0.3 is 30.2 Å². The lowest BCUT2D eigenvalue weighted by Crippen LogP contribution is -2.69. The van der Waals surface area contributed by atoms with Crippen LogP contribution in [0.3, 0.4) is 0 Å². The minimum Gasteiger partial charge on any atom is -0.462 e. The molecule has 4 N–H and O–H groups in total. The van der Waals surface area contributed by atoms with E-state index in [4.69, 9.17) is 9.72 Å². The number of hydrogen-bond acceptors (Lipinski definition) is 7. The van der Waals surface area contributed by atoms with Crippen molar-refractivity contribution in [3.8, 4) is 11.3 Å². The number of fused-ring (bicyclic) bond motifs is 7. The van der Waals surface area contributed by atoms with Crippen molar-refractivity contribution in [2.75, 3.05) is 6.54 Å². The van der Waals surface area contributed by atoms with Crippen LogP contribution in [0.5, 0.6) is 0 Å². The van der Waals surface area contributed by atoms with Crippen molar-refractivity contribution in [3.63, 3.8) is 0 Å². The molecular formula is C52H71F3N4O5. The minimum absolute atomic E-state index is 0.0569. The van der Waals surface area contributed by atoms with Gasteiger partial charge >= 0.3 is 12.1 Å². The average Bonchev–Trinajstić information content (AvgIpc) is 3.98. The van der Waals surface area contributed by atoms with Crippen molar-refractivity contribution in [1.82, 2.24) is 14.9 Å². The molecule has 1 aliphatic heterocycles. The second-order valence-corrected chi connectivity index (χ2v) is 23.7. The molecule has 6 saturated carbocycles. The molecule has 2 aromatic rings. The zero-order valence-electron chi connectivity index (χ0n) is 39.2. The van der Waals surface area contributed by atoms with Crippen LogP contribution in [0.15, 0.2) is 42.6 Å². The van der Waals surface area contributed by atoms with Crippen LogP contribution in [0.4, 0.5) is 13.2 Å². The minimum atomic E-state index is -4.42. The van der Waals surface area contributed by atoms with Crippen LogP contribution in [-0.2, 0) is 20.5 Å². The highest BCUT2D eigenvalue weighted by Crippen LogP contribution is 2.77. The lowest BCUT2D eigenvalue weighted by Gasteiger charge is -2.72. The molecule has 12 heteroatoms. The molecule has 0 spiro atoms. The molecule has 9 nitrogen and oxygen atoms in total. The molecule has 64 heavy (non-hydrogen) atoms. The monoisotopic (exact) mass is 889 g/mol. The number of allylic oxidation sites excluding steroid dienone is 1. The smallest absolute Gasteiger partial charge is 0.416 e. The largest absolute Gasteiger partial charge is 0.462 e. The topological polar surface area (TPSA) is 140 Å². The number of aromatic nitrogens is 2. The summed E-state index contributed by atoms with van der Waals surface area (Å²) >= 11 is 0. The second-order valence-electron chi connectivity index (χ2n) is 23.7. The summed E-state index contributed by atoms with van der Waals surface area (Å²) in [6.45, 7) is 23.0. The highest BCUT2D eigenvalue weighted by molar-refractivity contribution is 5.88. The molecule has 7 fully saturated rings. The summed E-state index contributed by atoms with van der Waals surface area (Å²) in [5.41, 5.74) is 0.393. The van der Waals surface area contributed by atoms with Crippen molar-refractivity contribution < 1.29 is 37.7 Å². The Morgan fingerprint density at radius 3 is 2.28 bits per heavy atom. The van der Waals surface area contributed by atoms with E-state index < -0.39 is 40.2 Å². The standard InChI is InChI=1S/C52H71F3N4O5/c1-28(2)31-18-21-51(45(63)59-24-10-11-37(59)42-57-27-36(58-42)29-12-14-30(15-13-29)52(53,54)55)23-22-49(8)32(40(31)51)16-17-38-48(7)20-19-39(47(5,6)41(48)35(56)26-50(38,49)9)64-44(62)34-25-33(43(60)61)46(34,3)4/h12-15,27,31-34,37-41,43,56,60-61H,1,10-11,16-26H2,2-9H3,(H,57,58)/t31-,32?,33-,34+,37-,38+,39-,40+,41?,48?,49+,50+,51-/m0/s1. The van der Waals surface area contributed by atoms with E-state index in [-0.39, 0.29) is 69.9 Å². The first kappa shape index (κ1) is 45.6. The molecular weight excluding hydrogens is 818 g/mol. The number of aliphatic hydroxyl groups is 2. The Bertz CT molecular complexity index is 2220. The summed E-state index contributed by atoms with van der Waals surface area (Å²) in [5.74, 6) is 0.779. The number of halogens is 3. The predicted octanol–water partition coefficient (Wildman–Crippen LogP) is 10.9. The van der Waals surface area contributed by atoms with Crippen LogP contribution in [0.25, 0.3) is 11.3 Å². The van der Waals surface area contributed by atoms with Gasteiger partial charge in [-0.15, -0.1) is 0 Å².